The number of carbonyl (C=O) groups is 1. The molecule has 1 unspecified atom stereocenters. The smallest absolute Gasteiger partial charge is 0.397 e. The van der Waals surface area contributed by atoms with Crippen molar-refractivity contribution in [1.82, 2.24) is 15.3 Å². The number of fused-ring (bicyclic) bond motifs is 2. The third kappa shape index (κ3) is 5.04. The van der Waals surface area contributed by atoms with Crippen molar-refractivity contribution < 1.29 is 23.1 Å². The van der Waals surface area contributed by atoms with Crippen LogP contribution in [0, 0.1) is 0 Å². The predicted octanol–water partition coefficient (Wildman–Crippen LogP) is 3.84. The highest BCUT2D eigenvalue weighted by Gasteiger charge is 2.37. The Bertz CT molecular complexity index is 1470. The van der Waals surface area contributed by atoms with E-state index in [4.69, 9.17) is 11.5 Å². The second kappa shape index (κ2) is 9.77. The molecule has 1 aliphatic heterocycles. The highest BCUT2D eigenvalue weighted by atomic mass is 32.1. The first-order valence-corrected chi connectivity index (χ1v) is 12.5. The number of nitrogens with two attached hydrogens (primary N) is 2. The molecule has 37 heavy (non-hydrogen) atoms. The summed E-state index contributed by atoms with van der Waals surface area (Å²) in [5, 5.41) is 14.7. The molecule has 1 aromatic carbocycles. The van der Waals surface area contributed by atoms with Crippen LogP contribution in [0.3, 0.4) is 0 Å². The monoisotopic (exact) mass is 530 g/mol. The zero-order chi connectivity index (χ0) is 26.3. The Balaban J connectivity index is 1.26. The van der Waals surface area contributed by atoms with Crippen LogP contribution < -0.4 is 21.7 Å². The van der Waals surface area contributed by atoms with Gasteiger partial charge in [0.05, 0.1) is 22.9 Å². The van der Waals surface area contributed by atoms with E-state index in [1.807, 2.05) is 30.3 Å². The summed E-state index contributed by atoms with van der Waals surface area (Å²) in [6, 6.07) is 10.7. The average molecular weight is 531 g/mol. The van der Waals surface area contributed by atoms with Gasteiger partial charge < -0.3 is 26.8 Å². The van der Waals surface area contributed by atoms with Crippen LogP contribution in [0.25, 0.3) is 21.1 Å². The van der Waals surface area contributed by atoms with Gasteiger partial charge in [-0.05, 0) is 31.0 Å². The van der Waals surface area contributed by atoms with Crippen molar-refractivity contribution in [3.8, 4) is 0 Å². The standard InChI is InChI=1S/C25H25F3N6O2S/c26-25(27,28)16-10-19(33-24-20(16)21(29)22(37-24)23(30)36)34-7-5-15(6-8-34)31-12-18(35)14-9-13-3-1-2-4-17(13)32-11-14/h1-4,9-11,15,18,31,35H,5-8,12,29H2,(H2,30,36). The zero-order valence-electron chi connectivity index (χ0n) is 19.6. The number of nitrogens with zero attached hydrogens (tertiary/aromatic N) is 3. The van der Waals surface area contributed by atoms with Crippen LogP contribution in [-0.4, -0.2) is 46.7 Å². The number of aliphatic hydroxyl groups is 1. The molecular formula is C25H25F3N6O2S. The number of pyridine rings is 2. The lowest BCUT2D eigenvalue weighted by molar-refractivity contribution is -0.136. The van der Waals surface area contributed by atoms with Gasteiger partial charge in [-0.2, -0.15) is 13.2 Å². The molecule has 5 rings (SSSR count). The minimum atomic E-state index is -4.67. The summed E-state index contributed by atoms with van der Waals surface area (Å²) in [6.45, 7) is 1.28. The second-order valence-corrected chi connectivity index (χ2v) is 10.1. The van der Waals surface area contributed by atoms with Crippen molar-refractivity contribution in [2.75, 3.05) is 30.3 Å². The highest BCUT2D eigenvalue weighted by molar-refractivity contribution is 7.21. The van der Waals surface area contributed by atoms with E-state index in [1.54, 1.807) is 11.1 Å². The first kappa shape index (κ1) is 25.2. The van der Waals surface area contributed by atoms with Gasteiger partial charge in [0.15, 0.2) is 0 Å². The van der Waals surface area contributed by atoms with Gasteiger partial charge >= 0.3 is 6.18 Å². The number of nitrogens with one attached hydrogen (secondary N) is 1. The number of para-hydroxylation sites is 1. The molecule has 0 aliphatic carbocycles. The second-order valence-electron chi connectivity index (χ2n) is 9.06. The third-order valence-corrected chi connectivity index (χ3v) is 7.74. The van der Waals surface area contributed by atoms with Crippen LogP contribution in [0.15, 0.2) is 42.6 Å². The Morgan fingerprint density at radius 1 is 1.24 bits per heavy atom. The average Bonchev–Trinajstić information content (AvgIpc) is 3.22. The van der Waals surface area contributed by atoms with Gasteiger partial charge in [0.1, 0.15) is 15.5 Å². The number of rotatable bonds is 6. The molecule has 6 N–H and O–H groups in total. The van der Waals surface area contributed by atoms with E-state index in [0.29, 0.717) is 38.0 Å². The van der Waals surface area contributed by atoms with E-state index in [1.165, 1.54) is 0 Å². The van der Waals surface area contributed by atoms with Gasteiger partial charge in [0.2, 0.25) is 0 Å². The number of aromatic nitrogens is 2. The molecule has 1 atom stereocenters. The molecule has 0 spiro atoms. The van der Waals surface area contributed by atoms with Crippen molar-refractivity contribution >= 4 is 49.9 Å². The molecule has 1 fully saturated rings. The van der Waals surface area contributed by atoms with Crippen molar-refractivity contribution in [2.24, 2.45) is 5.73 Å². The highest BCUT2D eigenvalue weighted by Crippen LogP contribution is 2.43. The van der Waals surface area contributed by atoms with E-state index in [9.17, 15) is 23.1 Å². The summed E-state index contributed by atoms with van der Waals surface area (Å²) in [5.41, 5.74) is 11.5. The maximum absolute atomic E-state index is 13.9. The number of nitrogen functional groups attached to an aromatic ring is 1. The van der Waals surface area contributed by atoms with E-state index in [-0.39, 0.29) is 32.6 Å². The van der Waals surface area contributed by atoms with Crippen LogP contribution >= 0.6 is 11.3 Å². The molecule has 0 bridgehead atoms. The number of amides is 1. The van der Waals surface area contributed by atoms with Crippen molar-refractivity contribution in [1.29, 1.82) is 0 Å². The normalized spacial score (nSPS) is 15.9. The maximum Gasteiger partial charge on any atom is 0.417 e. The summed E-state index contributed by atoms with van der Waals surface area (Å²) in [6.07, 6.45) is -2.44. The molecule has 3 aromatic heterocycles. The number of hydrogen-bond donors (Lipinski definition) is 4. The number of anilines is 2. The number of halogens is 3. The molecule has 194 valence electrons. The number of aliphatic hydroxyl groups excluding tert-OH is 1. The van der Waals surface area contributed by atoms with E-state index in [0.717, 1.165) is 28.3 Å². The molecule has 8 nitrogen and oxygen atoms in total. The van der Waals surface area contributed by atoms with Gasteiger partial charge in [-0.15, -0.1) is 11.3 Å². The lowest BCUT2D eigenvalue weighted by Crippen LogP contribution is -2.44. The molecule has 1 aliphatic rings. The van der Waals surface area contributed by atoms with Crippen LogP contribution in [-0.2, 0) is 6.18 Å². The van der Waals surface area contributed by atoms with Gasteiger partial charge in [-0.25, -0.2) is 4.98 Å². The number of benzene rings is 1. The Labute approximate surface area is 214 Å². The van der Waals surface area contributed by atoms with Crippen molar-refractivity contribution in [3.05, 3.63) is 58.6 Å². The summed E-state index contributed by atoms with van der Waals surface area (Å²) in [7, 11) is 0. The SMILES string of the molecule is NC(=O)c1sc2nc(N3CCC(NCC(O)c4cnc5ccccc5c4)CC3)cc(C(F)(F)F)c2c1N. The molecule has 0 radical (unpaired) electrons. The largest absolute Gasteiger partial charge is 0.417 e. The van der Waals surface area contributed by atoms with Crippen LogP contribution in [0.2, 0.25) is 0 Å². The topological polar surface area (TPSA) is 130 Å². The number of alkyl halides is 3. The lowest BCUT2D eigenvalue weighted by atomic mass is 10.0. The molecule has 0 saturated carbocycles. The molecule has 4 aromatic rings. The van der Waals surface area contributed by atoms with E-state index in [2.05, 4.69) is 15.3 Å². The molecule has 1 saturated heterocycles. The van der Waals surface area contributed by atoms with Crippen molar-refractivity contribution in [2.45, 2.75) is 31.2 Å². The summed E-state index contributed by atoms with van der Waals surface area (Å²) in [4.78, 5) is 22.1. The Kier molecular flexibility index (Phi) is 6.65. The fourth-order valence-corrected chi connectivity index (χ4v) is 5.62. The zero-order valence-corrected chi connectivity index (χ0v) is 20.4. The Morgan fingerprint density at radius 2 is 1.97 bits per heavy atom. The van der Waals surface area contributed by atoms with Gasteiger partial charge in [0.25, 0.3) is 5.91 Å². The summed E-state index contributed by atoms with van der Waals surface area (Å²) in [5.74, 6) is -0.707. The minimum Gasteiger partial charge on any atom is -0.397 e. The molecular weight excluding hydrogens is 505 g/mol. The maximum atomic E-state index is 13.9. The molecule has 12 heteroatoms. The van der Waals surface area contributed by atoms with Gasteiger partial charge in [0, 0.05) is 48.2 Å². The van der Waals surface area contributed by atoms with Gasteiger partial charge in [-0.1, -0.05) is 18.2 Å². The van der Waals surface area contributed by atoms with E-state index < -0.39 is 23.8 Å². The lowest BCUT2D eigenvalue weighted by Gasteiger charge is -2.34. The quantitative estimate of drug-likeness (QED) is 0.298. The Hall–Kier alpha value is -3.48. The van der Waals surface area contributed by atoms with Crippen LogP contribution in [0.4, 0.5) is 24.7 Å². The van der Waals surface area contributed by atoms with E-state index >= 15 is 0 Å². The van der Waals surface area contributed by atoms with Crippen LogP contribution in [0.5, 0.6) is 0 Å². The molecule has 1 amide bonds. The fraction of sp³-hybridized carbons (Fsp3) is 0.320. The number of primary amides is 1. The third-order valence-electron chi connectivity index (χ3n) is 6.63. The van der Waals surface area contributed by atoms with Crippen molar-refractivity contribution in [3.63, 3.8) is 0 Å². The van der Waals surface area contributed by atoms with Crippen LogP contribution in [0.1, 0.15) is 39.7 Å². The number of thiophene rings is 1. The predicted molar refractivity (Wildman–Crippen MR) is 137 cm³/mol. The Morgan fingerprint density at radius 3 is 2.68 bits per heavy atom. The summed E-state index contributed by atoms with van der Waals surface area (Å²) >= 11 is 0.768. The van der Waals surface area contributed by atoms with Gasteiger partial charge in [-0.3, -0.25) is 9.78 Å². The number of carbonyl (C=O) groups excluding carboxylic acids is 1. The number of piperidine rings is 1. The molecule has 4 heterocycles. The summed E-state index contributed by atoms with van der Waals surface area (Å²) < 4.78 is 41.6. The fourth-order valence-electron chi connectivity index (χ4n) is 4.66. The first-order valence-electron chi connectivity index (χ1n) is 11.7. The number of hydrogen-bond acceptors (Lipinski definition) is 8. The minimum absolute atomic E-state index is 0.0310. The first-order chi connectivity index (χ1) is 17.6.